The average Bonchev–Trinajstić information content (AvgIpc) is 2.27. The molecule has 2 aromatic rings. The van der Waals surface area contributed by atoms with E-state index in [0.29, 0.717) is 0 Å². The molecule has 102 valence electrons. The van der Waals surface area contributed by atoms with Crippen molar-refractivity contribution in [2.24, 2.45) is 0 Å². The molecule has 19 heavy (non-hydrogen) atoms. The highest BCUT2D eigenvalue weighted by Gasteiger charge is 2.48. The Balaban J connectivity index is 2.47. The molecule has 5 nitrogen and oxygen atoms in total. The Morgan fingerprint density at radius 3 is 2.47 bits per heavy atom. The molecule has 9 heteroatoms. The molecule has 0 aliphatic carbocycles. The van der Waals surface area contributed by atoms with Gasteiger partial charge in [0.2, 0.25) is 0 Å². The maximum Gasteiger partial charge on any atom is 0.534 e. The summed E-state index contributed by atoms with van der Waals surface area (Å²) in [6, 6.07) is 4.06. The number of alkyl halides is 3. The highest BCUT2D eigenvalue weighted by Crippen LogP contribution is 2.28. The third kappa shape index (κ3) is 2.55. The van der Waals surface area contributed by atoms with Crippen molar-refractivity contribution < 1.29 is 30.2 Å². The lowest BCUT2D eigenvalue weighted by Gasteiger charge is -2.09. The van der Waals surface area contributed by atoms with E-state index >= 15 is 0 Å². The summed E-state index contributed by atoms with van der Waals surface area (Å²) in [6.45, 7) is 0. The summed E-state index contributed by atoms with van der Waals surface area (Å²) in [4.78, 5) is 11.3. The number of hydrogen-bond donors (Lipinski definition) is 0. The van der Waals surface area contributed by atoms with Gasteiger partial charge in [-0.05, 0) is 12.1 Å². The quantitative estimate of drug-likeness (QED) is 0.626. The van der Waals surface area contributed by atoms with Crippen LogP contribution in [0.15, 0.2) is 39.7 Å². The normalized spacial score (nSPS) is 12.6. The fourth-order valence-corrected chi connectivity index (χ4v) is 1.74. The lowest BCUT2D eigenvalue weighted by Crippen LogP contribution is -2.28. The Kier molecular flexibility index (Phi) is 3.01. The predicted molar refractivity (Wildman–Crippen MR) is 58.1 cm³/mol. The Labute approximate surface area is 104 Å². The van der Waals surface area contributed by atoms with Crippen LogP contribution in [-0.4, -0.2) is 13.9 Å². The molecule has 0 radical (unpaired) electrons. The second-order valence-corrected chi connectivity index (χ2v) is 4.96. The molecule has 0 saturated carbocycles. The van der Waals surface area contributed by atoms with E-state index in [2.05, 4.69) is 4.18 Å². The minimum absolute atomic E-state index is 0.0811. The van der Waals surface area contributed by atoms with E-state index in [4.69, 9.17) is 4.42 Å². The largest absolute Gasteiger partial charge is 0.534 e. The molecule has 0 fully saturated rings. The van der Waals surface area contributed by atoms with Crippen molar-refractivity contribution in [2.75, 3.05) is 0 Å². The smallest absolute Gasteiger partial charge is 0.464 e. The van der Waals surface area contributed by atoms with Crippen molar-refractivity contribution in [2.45, 2.75) is 5.51 Å². The molecule has 0 unspecified atom stereocenters. The predicted octanol–water partition coefficient (Wildman–Crippen LogP) is 2.02. The van der Waals surface area contributed by atoms with E-state index < -0.39 is 26.8 Å². The Bertz CT molecular complexity index is 776. The first-order chi connectivity index (χ1) is 8.71. The molecule has 1 aromatic heterocycles. The second kappa shape index (κ2) is 4.26. The van der Waals surface area contributed by atoms with Crippen molar-refractivity contribution in [3.8, 4) is 5.75 Å². The van der Waals surface area contributed by atoms with Crippen molar-refractivity contribution in [3.05, 3.63) is 40.8 Å². The standard InChI is InChI=1S/C10H5F3O5S/c11-10(12,13)19(15,16)18-6-1-2-7-8(14)3-4-17-9(7)5-6/h1-5H. The number of fused-ring (bicyclic) bond motifs is 1. The van der Waals surface area contributed by atoms with Gasteiger partial charge in [-0.1, -0.05) is 0 Å². The van der Waals surface area contributed by atoms with Gasteiger partial charge in [-0.15, -0.1) is 0 Å². The number of rotatable bonds is 2. The molecule has 0 atom stereocenters. The topological polar surface area (TPSA) is 73.6 Å². The lowest BCUT2D eigenvalue weighted by molar-refractivity contribution is -0.0500. The van der Waals surface area contributed by atoms with Gasteiger partial charge in [-0.3, -0.25) is 4.79 Å². The highest BCUT2D eigenvalue weighted by molar-refractivity contribution is 7.88. The van der Waals surface area contributed by atoms with E-state index in [1.54, 1.807) is 0 Å². The molecule has 0 amide bonds. The fraction of sp³-hybridized carbons (Fsp3) is 0.100. The van der Waals surface area contributed by atoms with Crippen molar-refractivity contribution >= 4 is 21.1 Å². The van der Waals surface area contributed by atoms with Gasteiger partial charge in [0.05, 0.1) is 11.6 Å². The Hall–Kier alpha value is -2.03. The van der Waals surface area contributed by atoms with Gasteiger partial charge in [-0.25, -0.2) is 0 Å². The van der Waals surface area contributed by atoms with Crippen LogP contribution in [-0.2, 0) is 10.1 Å². The van der Waals surface area contributed by atoms with E-state index in [-0.39, 0.29) is 11.0 Å². The van der Waals surface area contributed by atoms with Crippen LogP contribution in [0.2, 0.25) is 0 Å². The van der Waals surface area contributed by atoms with Gasteiger partial charge >= 0.3 is 15.6 Å². The van der Waals surface area contributed by atoms with E-state index in [0.717, 1.165) is 30.5 Å². The van der Waals surface area contributed by atoms with E-state index in [1.807, 2.05) is 0 Å². The maximum atomic E-state index is 12.1. The van der Waals surface area contributed by atoms with E-state index in [9.17, 15) is 26.4 Å². The summed E-state index contributed by atoms with van der Waals surface area (Å²) < 4.78 is 66.7. The summed E-state index contributed by atoms with van der Waals surface area (Å²) in [5.41, 5.74) is -6.02. The fourth-order valence-electron chi connectivity index (χ4n) is 1.29. The van der Waals surface area contributed by atoms with E-state index in [1.165, 1.54) is 0 Å². The summed E-state index contributed by atoms with van der Waals surface area (Å²) in [5, 5.41) is 0.0965. The molecule has 1 aromatic carbocycles. The SMILES string of the molecule is O=c1ccoc2cc(OS(=O)(=O)C(F)(F)F)ccc12. The highest BCUT2D eigenvalue weighted by atomic mass is 32.2. The first-order valence-electron chi connectivity index (χ1n) is 4.73. The van der Waals surface area contributed by atoms with Crippen molar-refractivity contribution in [1.29, 1.82) is 0 Å². The third-order valence-corrected chi connectivity index (χ3v) is 3.10. The molecule has 0 saturated heterocycles. The second-order valence-electron chi connectivity index (χ2n) is 3.43. The van der Waals surface area contributed by atoms with Crippen molar-refractivity contribution in [3.63, 3.8) is 0 Å². The van der Waals surface area contributed by atoms with Crippen LogP contribution < -0.4 is 9.61 Å². The monoisotopic (exact) mass is 294 g/mol. The zero-order chi connectivity index (χ0) is 14.3. The Morgan fingerprint density at radius 2 is 1.84 bits per heavy atom. The molecule has 0 aliphatic rings. The van der Waals surface area contributed by atoms with Gasteiger partial charge in [0.15, 0.2) is 5.43 Å². The van der Waals surface area contributed by atoms with Crippen LogP contribution in [0, 0.1) is 0 Å². The molecule has 1 heterocycles. The zero-order valence-corrected chi connectivity index (χ0v) is 9.79. The van der Waals surface area contributed by atoms with Crippen LogP contribution in [0.1, 0.15) is 0 Å². The van der Waals surface area contributed by atoms with Crippen molar-refractivity contribution in [1.82, 2.24) is 0 Å². The molecular weight excluding hydrogens is 289 g/mol. The number of benzene rings is 1. The van der Waals surface area contributed by atoms with Gasteiger partial charge < -0.3 is 8.60 Å². The van der Waals surface area contributed by atoms with Crippen LogP contribution in [0.5, 0.6) is 5.75 Å². The Morgan fingerprint density at radius 1 is 1.16 bits per heavy atom. The first kappa shape index (κ1) is 13.4. The molecule has 0 N–H and O–H groups in total. The average molecular weight is 294 g/mol. The first-order valence-corrected chi connectivity index (χ1v) is 6.14. The zero-order valence-electron chi connectivity index (χ0n) is 8.97. The molecule has 0 spiro atoms. The summed E-state index contributed by atoms with van der Waals surface area (Å²) >= 11 is 0. The summed E-state index contributed by atoms with van der Waals surface area (Å²) in [6.07, 6.45) is 1.03. The number of halogens is 3. The third-order valence-electron chi connectivity index (χ3n) is 2.12. The van der Waals surface area contributed by atoms with Crippen LogP contribution >= 0.6 is 0 Å². The minimum Gasteiger partial charge on any atom is -0.464 e. The van der Waals surface area contributed by atoms with Crippen LogP contribution in [0.3, 0.4) is 0 Å². The lowest BCUT2D eigenvalue weighted by atomic mass is 10.2. The molecule has 0 aliphatic heterocycles. The number of hydrogen-bond acceptors (Lipinski definition) is 5. The summed E-state index contributed by atoms with van der Waals surface area (Å²) in [5.74, 6) is -0.598. The van der Waals surface area contributed by atoms with Crippen LogP contribution in [0.4, 0.5) is 13.2 Å². The van der Waals surface area contributed by atoms with Gasteiger partial charge in [-0.2, -0.15) is 21.6 Å². The molecular formula is C10H5F3O5S. The van der Waals surface area contributed by atoms with Gasteiger partial charge in [0.25, 0.3) is 0 Å². The maximum absolute atomic E-state index is 12.1. The molecule has 0 bridgehead atoms. The van der Waals surface area contributed by atoms with Gasteiger partial charge in [0, 0.05) is 12.1 Å². The minimum atomic E-state index is -5.75. The summed E-state index contributed by atoms with van der Waals surface area (Å²) in [7, 11) is -5.75. The van der Waals surface area contributed by atoms with Crippen LogP contribution in [0.25, 0.3) is 11.0 Å². The molecule has 2 rings (SSSR count). The van der Waals surface area contributed by atoms with Gasteiger partial charge in [0.1, 0.15) is 11.3 Å².